The molecule has 0 saturated carbocycles. The van der Waals surface area contributed by atoms with Crippen molar-refractivity contribution in [3.63, 3.8) is 0 Å². The fourth-order valence-corrected chi connectivity index (χ4v) is 3.84. The van der Waals surface area contributed by atoms with Gasteiger partial charge in [-0.3, -0.25) is 9.69 Å². The molecule has 0 aliphatic carbocycles. The molecule has 21 heavy (non-hydrogen) atoms. The number of hydrogen-bond donors (Lipinski definition) is 1. The topological polar surface area (TPSA) is 58.8 Å². The first-order valence-electron chi connectivity index (χ1n) is 7.56. The van der Waals surface area contributed by atoms with E-state index in [0.29, 0.717) is 13.2 Å². The van der Waals surface area contributed by atoms with Gasteiger partial charge in [-0.15, -0.1) is 11.3 Å². The van der Waals surface area contributed by atoms with Crippen molar-refractivity contribution in [2.45, 2.75) is 32.0 Å². The lowest BCUT2D eigenvalue weighted by molar-refractivity contribution is -0.135. The monoisotopic (exact) mass is 309 g/mol. The molecule has 0 radical (unpaired) electrons. The normalized spacial score (nSPS) is 24.7. The molecular weight excluding hydrogens is 286 g/mol. The summed E-state index contributed by atoms with van der Waals surface area (Å²) >= 11 is 1.80. The molecule has 6 heteroatoms. The number of nitrogens with zero attached hydrogens (tertiary/aromatic N) is 2. The van der Waals surface area contributed by atoms with Gasteiger partial charge in [-0.1, -0.05) is 0 Å². The maximum Gasteiger partial charge on any atom is 0.237 e. The molecule has 3 rings (SSSR count). The van der Waals surface area contributed by atoms with Crippen LogP contribution in [-0.2, 0) is 22.5 Å². The van der Waals surface area contributed by atoms with Crippen molar-refractivity contribution in [2.24, 2.45) is 5.73 Å². The van der Waals surface area contributed by atoms with Crippen LogP contribution in [0.3, 0.4) is 0 Å². The highest BCUT2D eigenvalue weighted by Gasteiger charge is 2.27. The average molecular weight is 309 g/mol. The lowest BCUT2D eigenvalue weighted by Gasteiger charge is -2.36. The van der Waals surface area contributed by atoms with Crippen LogP contribution in [0.15, 0.2) is 11.4 Å². The maximum absolute atomic E-state index is 12.5. The van der Waals surface area contributed by atoms with E-state index in [1.165, 1.54) is 10.4 Å². The molecule has 2 atom stereocenters. The van der Waals surface area contributed by atoms with Gasteiger partial charge < -0.3 is 15.4 Å². The van der Waals surface area contributed by atoms with Crippen LogP contribution in [0.1, 0.15) is 17.4 Å². The number of hydrogen-bond acceptors (Lipinski definition) is 5. The van der Waals surface area contributed by atoms with Crippen molar-refractivity contribution < 1.29 is 9.53 Å². The van der Waals surface area contributed by atoms with Crippen LogP contribution >= 0.6 is 11.3 Å². The van der Waals surface area contributed by atoms with Crippen LogP contribution in [0.4, 0.5) is 0 Å². The fourth-order valence-electron chi connectivity index (χ4n) is 2.95. The smallest absolute Gasteiger partial charge is 0.237 e. The second-order valence-corrected chi connectivity index (χ2v) is 6.94. The van der Waals surface area contributed by atoms with Gasteiger partial charge in [-0.05, 0) is 30.4 Å². The van der Waals surface area contributed by atoms with Crippen molar-refractivity contribution in [3.05, 3.63) is 21.9 Å². The van der Waals surface area contributed by atoms with Crippen molar-refractivity contribution in [3.8, 4) is 0 Å². The van der Waals surface area contributed by atoms with E-state index in [1.807, 2.05) is 11.8 Å². The Bertz CT molecular complexity index is 503. The summed E-state index contributed by atoms with van der Waals surface area (Å²) < 4.78 is 5.64. The Labute approximate surface area is 129 Å². The predicted molar refractivity (Wildman–Crippen MR) is 83.3 cm³/mol. The molecule has 1 fully saturated rings. The van der Waals surface area contributed by atoms with Gasteiger partial charge in [0.1, 0.15) is 0 Å². The Kier molecular flexibility index (Phi) is 4.59. The summed E-state index contributed by atoms with van der Waals surface area (Å²) in [6.45, 7) is 6.26. The summed E-state index contributed by atoms with van der Waals surface area (Å²) in [6.07, 6.45) is 1.03. The Morgan fingerprint density at radius 3 is 3.24 bits per heavy atom. The van der Waals surface area contributed by atoms with Crippen LogP contribution in [0, 0.1) is 0 Å². The first-order valence-corrected chi connectivity index (χ1v) is 8.44. The summed E-state index contributed by atoms with van der Waals surface area (Å²) in [6, 6.07) is 2.14. The van der Waals surface area contributed by atoms with Crippen molar-refractivity contribution in [1.29, 1.82) is 0 Å². The van der Waals surface area contributed by atoms with E-state index in [9.17, 15) is 4.79 Å². The zero-order valence-corrected chi connectivity index (χ0v) is 13.3. The third-order valence-corrected chi connectivity index (χ3v) is 5.31. The van der Waals surface area contributed by atoms with Crippen molar-refractivity contribution in [2.75, 3.05) is 32.8 Å². The number of amides is 1. The molecule has 5 nitrogen and oxygen atoms in total. The average Bonchev–Trinajstić information content (AvgIpc) is 2.94. The van der Waals surface area contributed by atoms with Gasteiger partial charge in [-0.2, -0.15) is 0 Å². The van der Waals surface area contributed by atoms with E-state index < -0.39 is 0 Å². The Hall–Kier alpha value is -0.950. The van der Waals surface area contributed by atoms with Gasteiger partial charge in [0.25, 0.3) is 0 Å². The van der Waals surface area contributed by atoms with Crippen LogP contribution in [-0.4, -0.2) is 60.6 Å². The standard InChI is InChI=1S/C15H23N3O2S/c1-11(16)13-9-17(5-6-20-13)10-15(19)18-4-2-14-12(8-18)3-7-21-14/h3,7,11,13H,2,4-6,8-10,16H2,1H3. The molecule has 116 valence electrons. The van der Waals surface area contributed by atoms with E-state index in [4.69, 9.17) is 10.5 Å². The molecule has 0 spiro atoms. The minimum Gasteiger partial charge on any atom is -0.374 e. The first kappa shape index (κ1) is 15.0. The summed E-state index contributed by atoms with van der Waals surface area (Å²) in [4.78, 5) is 18.1. The van der Waals surface area contributed by atoms with Gasteiger partial charge >= 0.3 is 0 Å². The minimum atomic E-state index is 0.00579. The largest absolute Gasteiger partial charge is 0.374 e. The summed E-state index contributed by atoms with van der Waals surface area (Å²) in [7, 11) is 0. The van der Waals surface area contributed by atoms with Gasteiger partial charge in [0.2, 0.25) is 5.91 Å². The summed E-state index contributed by atoms with van der Waals surface area (Å²) in [5, 5.41) is 2.12. The third kappa shape index (κ3) is 3.45. The third-order valence-electron chi connectivity index (χ3n) is 4.28. The fraction of sp³-hybridized carbons (Fsp3) is 0.667. The summed E-state index contributed by atoms with van der Waals surface area (Å²) in [5.74, 6) is 0.220. The molecule has 2 unspecified atom stereocenters. The first-order chi connectivity index (χ1) is 10.1. The lowest BCUT2D eigenvalue weighted by Crippen LogP contribution is -2.52. The number of thiophene rings is 1. The Morgan fingerprint density at radius 1 is 1.57 bits per heavy atom. The van der Waals surface area contributed by atoms with Gasteiger partial charge in [0, 0.05) is 37.1 Å². The van der Waals surface area contributed by atoms with E-state index in [0.717, 1.165) is 32.6 Å². The number of carbonyl (C=O) groups is 1. The number of ether oxygens (including phenoxy) is 1. The zero-order chi connectivity index (χ0) is 14.8. The van der Waals surface area contributed by atoms with Crippen LogP contribution < -0.4 is 5.73 Å². The number of fused-ring (bicyclic) bond motifs is 1. The molecule has 1 aromatic heterocycles. The zero-order valence-electron chi connectivity index (χ0n) is 12.5. The lowest BCUT2D eigenvalue weighted by atomic mass is 10.1. The molecule has 2 aliphatic heterocycles. The highest BCUT2D eigenvalue weighted by Crippen LogP contribution is 2.24. The summed E-state index contributed by atoms with van der Waals surface area (Å²) in [5.41, 5.74) is 7.21. The second-order valence-electron chi connectivity index (χ2n) is 5.94. The minimum absolute atomic E-state index is 0.00579. The molecule has 1 amide bonds. The molecule has 2 N–H and O–H groups in total. The molecule has 0 bridgehead atoms. The SMILES string of the molecule is CC(N)C1CN(CC(=O)N2CCc3sccc3C2)CCO1. The van der Waals surface area contributed by atoms with E-state index in [-0.39, 0.29) is 18.1 Å². The predicted octanol–water partition coefficient (Wildman–Crippen LogP) is 0.681. The van der Waals surface area contributed by atoms with Gasteiger partial charge in [-0.25, -0.2) is 0 Å². The van der Waals surface area contributed by atoms with E-state index in [2.05, 4.69) is 16.3 Å². The Balaban J connectivity index is 1.55. The van der Waals surface area contributed by atoms with Crippen LogP contribution in [0.2, 0.25) is 0 Å². The van der Waals surface area contributed by atoms with E-state index >= 15 is 0 Å². The number of nitrogens with two attached hydrogens (primary N) is 1. The maximum atomic E-state index is 12.5. The molecule has 1 saturated heterocycles. The highest BCUT2D eigenvalue weighted by molar-refractivity contribution is 7.10. The second kappa shape index (κ2) is 6.44. The van der Waals surface area contributed by atoms with Crippen LogP contribution in [0.5, 0.6) is 0 Å². The number of carbonyl (C=O) groups excluding carboxylic acids is 1. The number of morpholine rings is 1. The molecule has 0 aromatic carbocycles. The van der Waals surface area contributed by atoms with Gasteiger partial charge in [0.05, 0.1) is 19.3 Å². The Morgan fingerprint density at radius 2 is 2.43 bits per heavy atom. The van der Waals surface area contributed by atoms with Crippen LogP contribution in [0.25, 0.3) is 0 Å². The number of rotatable bonds is 3. The quantitative estimate of drug-likeness (QED) is 0.892. The molecular formula is C15H23N3O2S. The van der Waals surface area contributed by atoms with Crippen molar-refractivity contribution >= 4 is 17.2 Å². The molecule has 1 aromatic rings. The molecule has 2 aliphatic rings. The van der Waals surface area contributed by atoms with E-state index in [1.54, 1.807) is 11.3 Å². The molecule has 3 heterocycles. The van der Waals surface area contributed by atoms with Gasteiger partial charge in [0.15, 0.2) is 0 Å². The highest BCUT2D eigenvalue weighted by atomic mass is 32.1. The van der Waals surface area contributed by atoms with Crippen molar-refractivity contribution in [1.82, 2.24) is 9.80 Å².